The molecule has 0 aromatic carbocycles. The molecular weight excluding hydrogens is 809 g/mol. The molecule has 0 unspecified atom stereocenters. The van der Waals surface area contributed by atoms with E-state index in [0.29, 0.717) is 0 Å². The molecular formula is H4Mn3O20S4Zn3. The first kappa shape index (κ1) is 93.9. The molecule has 175 valence electrons. The summed E-state index contributed by atoms with van der Waals surface area (Å²) >= 11 is 0. The maximum absolute atomic E-state index is 8.52. The van der Waals surface area contributed by atoms with E-state index >= 15 is 0 Å². The van der Waals surface area contributed by atoms with Crippen LogP contribution in [0.2, 0.25) is 0 Å². The molecule has 30 heavy (non-hydrogen) atoms. The van der Waals surface area contributed by atoms with Gasteiger partial charge in [0.1, 0.15) is 0 Å². The zero-order chi connectivity index (χ0) is 18.0. The Labute approximate surface area is 240 Å². The van der Waals surface area contributed by atoms with E-state index in [9.17, 15) is 0 Å². The summed E-state index contributed by atoms with van der Waals surface area (Å²) in [6, 6.07) is 0. The van der Waals surface area contributed by atoms with E-state index in [2.05, 4.69) is 0 Å². The van der Waals surface area contributed by atoms with Gasteiger partial charge in [0.15, 0.2) is 0 Å². The Bertz CT molecular complexity index is 496. The Balaban J connectivity index is -0.00000000853. The summed E-state index contributed by atoms with van der Waals surface area (Å²) in [4.78, 5) is 0. The predicted molar refractivity (Wildman–Crippen MR) is 49.6 cm³/mol. The Morgan fingerprint density at radius 3 is 0.300 bits per heavy atom. The van der Waals surface area contributed by atoms with E-state index in [1.54, 1.807) is 0 Å². The van der Waals surface area contributed by atoms with Crippen LogP contribution in [-0.4, -0.2) is 92.0 Å². The van der Waals surface area contributed by atoms with Crippen LogP contribution in [0.25, 0.3) is 0 Å². The fourth-order valence-corrected chi connectivity index (χ4v) is 0. The summed E-state index contributed by atoms with van der Waals surface area (Å²) in [5.74, 6) is 0. The third-order valence-electron chi connectivity index (χ3n) is 0. The maximum atomic E-state index is 8.52. The Kier molecular flexibility index (Phi) is 131. The predicted octanol–water partition coefficient (Wildman–Crippen LogP) is -6.07. The fourth-order valence-electron chi connectivity index (χ4n) is 0. The molecule has 4 N–H and O–H groups in total. The first-order valence-electron chi connectivity index (χ1n) is 2.67. The molecule has 0 bridgehead atoms. The zero-order valence-corrected chi connectivity index (χ0v) is 28.9. The average Bonchev–Trinajstić information content (AvgIpc) is 1.62. The Hall–Kier alpha value is 2.75. The average molecular weight is 813 g/mol. The van der Waals surface area contributed by atoms with Crippen molar-refractivity contribution in [3.63, 3.8) is 0 Å². The van der Waals surface area contributed by atoms with Crippen LogP contribution in [0, 0.1) is 0 Å². The maximum Gasteiger partial charge on any atom is 2.00 e. The Morgan fingerprint density at radius 2 is 0.300 bits per heavy atom. The molecule has 0 aromatic heterocycles. The van der Waals surface area contributed by atoms with Gasteiger partial charge in [-0.05, 0) is 0 Å². The molecule has 0 saturated carbocycles. The Morgan fingerprint density at radius 1 is 0.300 bits per heavy atom. The van der Waals surface area contributed by atoms with Gasteiger partial charge in [0, 0.05) is 41.6 Å². The van der Waals surface area contributed by atoms with Gasteiger partial charge >= 0.3 is 110 Å². The SMILES string of the molecule is O=S(=O)([O-])[O-].O=S(=O)([O-])[O-].O=S(=O)([O-])[O-].O=S(=O)([O-])[O-].[Mn+2].[Mn+2].[Mn+2].[OH-].[OH-].[OH-].[OH-].[Zn+2].[Zn+2].[Zn+2]. The van der Waals surface area contributed by atoms with Crippen LogP contribution in [0.3, 0.4) is 0 Å². The van der Waals surface area contributed by atoms with Crippen molar-refractivity contribution in [3.8, 4) is 0 Å². The molecule has 0 rings (SSSR count). The van der Waals surface area contributed by atoms with Crippen LogP contribution < -0.4 is 0 Å². The molecule has 0 heterocycles. The van der Waals surface area contributed by atoms with Gasteiger partial charge in [0.25, 0.3) is 0 Å². The second kappa shape index (κ2) is 42.0. The quantitative estimate of drug-likeness (QED) is 0.125. The first-order valence-corrected chi connectivity index (χ1v) is 8.00. The number of rotatable bonds is 0. The molecule has 20 nitrogen and oxygen atoms in total. The molecule has 0 aliphatic carbocycles. The third kappa shape index (κ3) is 3600. The largest absolute Gasteiger partial charge is 2.00 e. The van der Waals surface area contributed by atoms with E-state index in [1.165, 1.54) is 0 Å². The molecule has 0 amide bonds. The van der Waals surface area contributed by atoms with Crippen LogP contribution in [0.5, 0.6) is 0 Å². The van der Waals surface area contributed by atoms with Gasteiger partial charge in [0.05, 0.1) is 0 Å². The minimum atomic E-state index is -5.17. The van der Waals surface area contributed by atoms with E-state index in [4.69, 9.17) is 70.1 Å². The van der Waals surface area contributed by atoms with Crippen molar-refractivity contribution in [2.75, 3.05) is 0 Å². The minimum Gasteiger partial charge on any atom is -0.870 e. The molecule has 30 heteroatoms. The van der Waals surface area contributed by atoms with Crippen molar-refractivity contribution < 1.29 is 202 Å². The summed E-state index contributed by atoms with van der Waals surface area (Å²) in [5.41, 5.74) is 0. The number of hydrogen-bond donors (Lipinski definition) is 0. The second-order valence-corrected chi connectivity index (χ2v) is 4.90. The summed E-state index contributed by atoms with van der Waals surface area (Å²) in [6.07, 6.45) is 0. The van der Waals surface area contributed by atoms with Gasteiger partial charge in [-0.2, -0.15) is 0 Å². The van der Waals surface area contributed by atoms with Crippen molar-refractivity contribution in [1.82, 2.24) is 0 Å². The van der Waals surface area contributed by atoms with E-state index in [-0.39, 0.29) is 132 Å². The second-order valence-electron chi connectivity index (χ2n) is 1.63. The van der Waals surface area contributed by atoms with Crippen molar-refractivity contribution in [3.05, 3.63) is 0 Å². The van der Waals surface area contributed by atoms with E-state index < -0.39 is 41.6 Å². The summed E-state index contributed by atoms with van der Waals surface area (Å²) in [6.45, 7) is 0. The standard InChI is InChI=1S/3Mn.4H2O4S.4H2O.3Zn/c;;;4*1-5(2,3)4;;;;;;;/h;;;4*(H2,1,2,3,4);4*1H2;;;/q3*+2;;;;;;;;;3*+2/p-12. The van der Waals surface area contributed by atoms with Crippen LogP contribution in [0.4, 0.5) is 0 Å². The van der Waals surface area contributed by atoms with Crippen molar-refractivity contribution in [2.45, 2.75) is 0 Å². The van der Waals surface area contributed by atoms with Gasteiger partial charge in [-0.1, -0.05) is 0 Å². The van der Waals surface area contributed by atoms with Crippen molar-refractivity contribution in [2.24, 2.45) is 0 Å². The molecule has 0 aromatic rings. The number of hydrogen-bond acceptors (Lipinski definition) is 20. The van der Waals surface area contributed by atoms with Crippen LogP contribution in [-0.2, 0) is 151 Å². The van der Waals surface area contributed by atoms with E-state index in [1.807, 2.05) is 0 Å². The molecule has 3 radical (unpaired) electrons. The summed E-state index contributed by atoms with van der Waals surface area (Å²) in [7, 11) is -20.7. The minimum absolute atomic E-state index is 0. The normalized spacial score (nSPS) is 7.73. The van der Waals surface area contributed by atoms with Crippen LogP contribution in [0.1, 0.15) is 0 Å². The summed E-state index contributed by atoms with van der Waals surface area (Å²) in [5, 5.41) is 0. The zero-order valence-electron chi connectivity index (χ0n) is 13.2. The van der Waals surface area contributed by atoms with Gasteiger partial charge in [-0.25, -0.2) is 0 Å². The van der Waals surface area contributed by atoms with E-state index in [0.717, 1.165) is 0 Å². The molecule has 0 aliphatic rings. The van der Waals surface area contributed by atoms with Gasteiger partial charge in [0.2, 0.25) is 0 Å². The molecule has 0 saturated heterocycles. The van der Waals surface area contributed by atoms with Gasteiger partial charge in [-0.15, -0.1) is 0 Å². The molecule has 0 atom stereocenters. The van der Waals surface area contributed by atoms with Crippen LogP contribution in [0.15, 0.2) is 0 Å². The molecule has 0 fully saturated rings. The smallest absolute Gasteiger partial charge is 0.870 e. The first-order chi connectivity index (χ1) is 8.00. The van der Waals surface area contributed by atoms with Crippen molar-refractivity contribution >= 4 is 41.6 Å². The third-order valence-corrected chi connectivity index (χ3v) is 0. The summed E-state index contributed by atoms with van der Waals surface area (Å²) < 4.78 is 136. The monoisotopic (exact) mass is 808 g/mol. The molecule has 0 aliphatic heterocycles. The molecule has 0 spiro atoms. The van der Waals surface area contributed by atoms with Gasteiger partial charge in [-0.3, -0.25) is 33.7 Å². The topological polar surface area (TPSA) is 441 Å². The van der Waals surface area contributed by atoms with Crippen LogP contribution >= 0.6 is 0 Å². The van der Waals surface area contributed by atoms with Crippen molar-refractivity contribution in [1.29, 1.82) is 0 Å². The van der Waals surface area contributed by atoms with Gasteiger partial charge < -0.3 is 58.3 Å². The fraction of sp³-hybridized carbons (Fsp3) is 0.